The van der Waals surface area contributed by atoms with Gasteiger partial charge in [-0.15, -0.1) is 0 Å². The number of halogens is 3. The fraction of sp³-hybridized carbons (Fsp3) is 0.733. The summed E-state index contributed by atoms with van der Waals surface area (Å²) in [6.45, 7) is 0. The molecule has 6 heteroatoms. The first kappa shape index (κ1) is 13.3. The van der Waals surface area contributed by atoms with Crippen molar-refractivity contribution < 1.29 is 13.2 Å². The minimum absolute atomic E-state index is 0.122. The molecule has 1 heterocycles. The normalized spacial score (nSPS) is 37.8. The summed E-state index contributed by atoms with van der Waals surface area (Å²) in [5, 5.41) is 3.18. The van der Waals surface area contributed by atoms with Gasteiger partial charge in [-0.25, -0.2) is 9.97 Å². The summed E-state index contributed by atoms with van der Waals surface area (Å²) in [6.07, 6.45) is 3.01. The number of fused-ring (bicyclic) bond motifs is 5. The zero-order valence-electron chi connectivity index (χ0n) is 11.6. The lowest BCUT2D eigenvalue weighted by Gasteiger charge is -2.32. The van der Waals surface area contributed by atoms with Gasteiger partial charge in [0.2, 0.25) is 5.95 Å². The quantitative estimate of drug-likeness (QED) is 0.904. The van der Waals surface area contributed by atoms with Crippen LogP contribution in [-0.2, 0) is 6.18 Å². The average molecular weight is 297 g/mol. The van der Waals surface area contributed by atoms with Crippen molar-refractivity contribution in [2.24, 2.45) is 23.7 Å². The van der Waals surface area contributed by atoms with E-state index in [-0.39, 0.29) is 12.0 Å². The van der Waals surface area contributed by atoms with Crippen LogP contribution in [0.4, 0.5) is 19.1 Å². The first-order valence-electron chi connectivity index (χ1n) is 7.69. The van der Waals surface area contributed by atoms with Crippen LogP contribution in [0, 0.1) is 23.7 Å². The Kier molecular flexibility index (Phi) is 2.91. The van der Waals surface area contributed by atoms with Crippen LogP contribution in [0.3, 0.4) is 0 Å². The van der Waals surface area contributed by atoms with Crippen LogP contribution in [0.1, 0.15) is 37.8 Å². The summed E-state index contributed by atoms with van der Waals surface area (Å²) in [5.74, 6) is 3.12. The van der Waals surface area contributed by atoms with Crippen LogP contribution >= 0.6 is 0 Å². The maximum Gasteiger partial charge on any atom is 0.433 e. The number of hydrogen-bond acceptors (Lipinski definition) is 3. The minimum atomic E-state index is -4.41. The van der Waals surface area contributed by atoms with Gasteiger partial charge in [0.05, 0.1) is 0 Å². The highest BCUT2D eigenvalue weighted by Gasteiger charge is 2.53. The lowest BCUT2D eigenvalue weighted by Crippen LogP contribution is -2.34. The van der Waals surface area contributed by atoms with Crippen LogP contribution in [0.15, 0.2) is 12.3 Å². The number of aromatic nitrogens is 2. The Morgan fingerprint density at radius 3 is 2.71 bits per heavy atom. The van der Waals surface area contributed by atoms with Crippen LogP contribution in [0.5, 0.6) is 0 Å². The third-order valence-corrected chi connectivity index (χ3v) is 5.69. The zero-order chi connectivity index (χ0) is 14.6. The highest BCUT2D eigenvalue weighted by Crippen LogP contribution is 2.59. The van der Waals surface area contributed by atoms with Crippen molar-refractivity contribution in [3.63, 3.8) is 0 Å². The third kappa shape index (κ3) is 2.19. The van der Waals surface area contributed by atoms with Crippen molar-refractivity contribution in [1.82, 2.24) is 9.97 Å². The van der Waals surface area contributed by atoms with Crippen LogP contribution in [-0.4, -0.2) is 16.0 Å². The van der Waals surface area contributed by atoms with E-state index in [4.69, 9.17) is 0 Å². The number of hydrogen-bond donors (Lipinski definition) is 1. The zero-order valence-corrected chi connectivity index (χ0v) is 11.6. The number of rotatable bonds is 2. The number of nitrogens with one attached hydrogen (secondary N) is 1. The molecule has 3 fully saturated rings. The predicted octanol–water partition coefficient (Wildman–Crippen LogP) is 3.73. The van der Waals surface area contributed by atoms with E-state index in [1.54, 1.807) is 0 Å². The van der Waals surface area contributed by atoms with Gasteiger partial charge < -0.3 is 5.32 Å². The van der Waals surface area contributed by atoms with Crippen LogP contribution < -0.4 is 5.32 Å². The predicted molar refractivity (Wildman–Crippen MR) is 71.5 cm³/mol. The topological polar surface area (TPSA) is 37.8 Å². The van der Waals surface area contributed by atoms with E-state index in [9.17, 15) is 13.2 Å². The fourth-order valence-electron chi connectivity index (χ4n) is 4.99. The molecule has 0 radical (unpaired) electrons. The summed E-state index contributed by atoms with van der Waals surface area (Å²) in [5.41, 5.74) is -0.873. The van der Waals surface area contributed by atoms with Gasteiger partial charge in [0.15, 0.2) is 0 Å². The smallest absolute Gasteiger partial charge is 0.351 e. The Morgan fingerprint density at radius 2 is 1.90 bits per heavy atom. The molecule has 0 aromatic carbocycles. The molecule has 1 N–H and O–H groups in total. The molecule has 5 atom stereocenters. The van der Waals surface area contributed by atoms with E-state index in [1.165, 1.54) is 31.9 Å². The monoisotopic (exact) mass is 297 g/mol. The second kappa shape index (κ2) is 4.58. The first-order chi connectivity index (χ1) is 10.0. The fourth-order valence-corrected chi connectivity index (χ4v) is 4.99. The molecule has 4 rings (SSSR count). The molecule has 21 heavy (non-hydrogen) atoms. The molecule has 3 aliphatic carbocycles. The van der Waals surface area contributed by atoms with Gasteiger partial charge in [0.1, 0.15) is 5.69 Å². The van der Waals surface area contributed by atoms with Crippen molar-refractivity contribution in [2.45, 2.75) is 44.3 Å². The number of anilines is 1. The molecule has 1 aromatic rings. The van der Waals surface area contributed by atoms with Gasteiger partial charge in [-0.2, -0.15) is 13.2 Å². The Morgan fingerprint density at radius 1 is 1.10 bits per heavy atom. The van der Waals surface area contributed by atoms with E-state index in [1.807, 2.05) is 0 Å². The van der Waals surface area contributed by atoms with Gasteiger partial charge in [-0.3, -0.25) is 0 Å². The van der Waals surface area contributed by atoms with Gasteiger partial charge in [-0.05, 0) is 55.4 Å². The summed E-state index contributed by atoms with van der Waals surface area (Å²) < 4.78 is 38.1. The van der Waals surface area contributed by atoms with E-state index in [0.717, 1.165) is 30.2 Å². The van der Waals surface area contributed by atoms with Gasteiger partial charge in [-0.1, -0.05) is 6.42 Å². The molecular weight excluding hydrogens is 279 g/mol. The highest BCUT2D eigenvalue weighted by molar-refractivity contribution is 5.30. The Labute approximate surface area is 121 Å². The van der Waals surface area contributed by atoms with E-state index >= 15 is 0 Å². The van der Waals surface area contributed by atoms with E-state index < -0.39 is 11.9 Å². The molecule has 114 valence electrons. The molecule has 3 nitrogen and oxygen atoms in total. The SMILES string of the molecule is FC(F)(F)c1ccnc(N[C@@H]2C[C@H]3C[C@H]2[C@H]2CCC[C@@H]32)n1. The molecule has 2 bridgehead atoms. The molecule has 0 aliphatic heterocycles. The maximum absolute atomic E-state index is 12.7. The standard InChI is InChI=1S/C15H18F3N3/c16-15(17,18)13-4-5-19-14(21-13)20-12-7-8-6-11(12)10-3-1-2-9(8)10/h4-5,8-12H,1-3,6-7H2,(H,19,20,21)/t8-,9+,10+,11+,12-/m1/s1. The minimum Gasteiger partial charge on any atom is -0.351 e. The Bertz CT molecular complexity index is 545. The average Bonchev–Trinajstić information content (AvgIpc) is 3.09. The summed E-state index contributed by atoms with van der Waals surface area (Å²) in [7, 11) is 0. The van der Waals surface area contributed by atoms with Gasteiger partial charge in [0.25, 0.3) is 0 Å². The molecular formula is C15H18F3N3. The maximum atomic E-state index is 12.7. The van der Waals surface area contributed by atoms with Gasteiger partial charge >= 0.3 is 6.18 Å². The lowest BCUT2D eigenvalue weighted by atomic mass is 9.79. The third-order valence-electron chi connectivity index (χ3n) is 5.69. The number of alkyl halides is 3. The second-order valence-electron chi connectivity index (χ2n) is 6.67. The molecule has 0 spiro atoms. The van der Waals surface area contributed by atoms with Crippen molar-refractivity contribution in [1.29, 1.82) is 0 Å². The summed E-state index contributed by atoms with van der Waals surface area (Å²) in [4.78, 5) is 7.59. The van der Waals surface area contributed by atoms with Crippen molar-refractivity contribution >= 4 is 5.95 Å². The van der Waals surface area contributed by atoms with Crippen molar-refractivity contribution in [3.8, 4) is 0 Å². The summed E-state index contributed by atoms with van der Waals surface area (Å²) >= 11 is 0. The van der Waals surface area contributed by atoms with Crippen LogP contribution in [0.25, 0.3) is 0 Å². The van der Waals surface area contributed by atoms with E-state index in [0.29, 0.717) is 5.92 Å². The molecule has 0 amide bonds. The molecule has 0 unspecified atom stereocenters. The molecule has 1 aromatic heterocycles. The molecule has 3 saturated carbocycles. The van der Waals surface area contributed by atoms with Gasteiger partial charge in [0, 0.05) is 12.2 Å². The molecule has 0 saturated heterocycles. The lowest BCUT2D eigenvalue weighted by molar-refractivity contribution is -0.141. The van der Waals surface area contributed by atoms with Crippen LogP contribution in [0.2, 0.25) is 0 Å². The van der Waals surface area contributed by atoms with E-state index in [2.05, 4.69) is 15.3 Å². The Hall–Kier alpha value is -1.33. The van der Waals surface area contributed by atoms with Crippen molar-refractivity contribution in [3.05, 3.63) is 18.0 Å². The molecule has 3 aliphatic rings. The summed E-state index contributed by atoms with van der Waals surface area (Å²) in [6, 6.07) is 1.16. The number of nitrogens with zero attached hydrogens (tertiary/aromatic N) is 2. The highest BCUT2D eigenvalue weighted by atomic mass is 19.4. The first-order valence-corrected chi connectivity index (χ1v) is 7.69. The Balaban J connectivity index is 1.50. The second-order valence-corrected chi connectivity index (χ2v) is 6.67. The van der Waals surface area contributed by atoms with Crippen molar-refractivity contribution in [2.75, 3.05) is 5.32 Å². The largest absolute Gasteiger partial charge is 0.433 e.